The number of piperidine rings is 1. The summed E-state index contributed by atoms with van der Waals surface area (Å²) in [6, 6.07) is 17.8. The molecule has 0 bridgehead atoms. The van der Waals surface area contributed by atoms with Crippen molar-refractivity contribution in [1.82, 2.24) is 4.98 Å². The topological polar surface area (TPSA) is 19.4 Å². The first-order valence-electron chi connectivity index (χ1n) is 9.44. The van der Waals surface area contributed by atoms with Crippen LogP contribution in [0.25, 0.3) is 10.9 Å². The van der Waals surface area contributed by atoms with E-state index in [-0.39, 0.29) is 0 Å². The molecule has 4 rings (SSSR count). The van der Waals surface area contributed by atoms with Crippen molar-refractivity contribution >= 4 is 22.3 Å². The molecule has 3 heteroatoms. The number of para-hydroxylation sites is 1. The lowest BCUT2D eigenvalue weighted by Gasteiger charge is -2.38. The second-order valence-electron chi connectivity index (χ2n) is 7.41. The van der Waals surface area contributed by atoms with Crippen molar-refractivity contribution in [2.24, 2.45) is 0 Å². The lowest BCUT2D eigenvalue weighted by Crippen LogP contribution is -2.43. The zero-order valence-electron chi connectivity index (χ0n) is 15.9. The van der Waals surface area contributed by atoms with Crippen molar-refractivity contribution in [2.45, 2.75) is 32.7 Å². The summed E-state index contributed by atoms with van der Waals surface area (Å²) in [5, 5.41) is 1.19. The fourth-order valence-corrected chi connectivity index (χ4v) is 3.82. The molecule has 1 aliphatic heterocycles. The number of anilines is 2. The van der Waals surface area contributed by atoms with E-state index in [1.807, 2.05) is 12.1 Å². The Balaban J connectivity index is 1.45. The zero-order chi connectivity index (χ0) is 18.1. The van der Waals surface area contributed by atoms with Crippen LogP contribution in [-0.2, 0) is 0 Å². The van der Waals surface area contributed by atoms with Gasteiger partial charge in [-0.25, -0.2) is 4.98 Å². The highest BCUT2D eigenvalue weighted by Crippen LogP contribution is 2.27. The van der Waals surface area contributed by atoms with Crippen LogP contribution in [-0.4, -0.2) is 31.2 Å². The van der Waals surface area contributed by atoms with Gasteiger partial charge < -0.3 is 9.80 Å². The van der Waals surface area contributed by atoms with E-state index in [2.05, 4.69) is 78.3 Å². The molecule has 1 fully saturated rings. The van der Waals surface area contributed by atoms with Crippen LogP contribution in [0, 0.1) is 20.0 Å². The summed E-state index contributed by atoms with van der Waals surface area (Å²) in [6.45, 7) is 6.47. The molecule has 26 heavy (non-hydrogen) atoms. The Morgan fingerprint density at radius 3 is 2.54 bits per heavy atom. The maximum Gasteiger partial charge on any atom is 0.115 e. The van der Waals surface area contributed by atoms with E-state index < -0.39 is 0 Å². The average Bonchev–Trinajstić information content (AvgIpc) is 2.69. The Kier molecular flexibility index (Phi) is 4.54. The molecule has 2 aromatic carbocycles. The molecule has 0 unspecified atom stereocenters. The molecule has 3 aromatic rings. The van der Waals surface area contributed by atoms with E-state index in [9.17, 15) is 0 Å². The highest BCUT2D eigenvalue weighted by molar-refractivity contribution is 5.81. The largest absolute Gasteiger partial charge is 0.371 e. The van der Waals surface area contributed by atoms with Crippen LogP contribution in [0.3, 0.4) is 0 Å². The van der Waals surface area contributed by atoms with Crippen LogP contribution in [0.4, 0.5) is 11.4 Å². The average molecular weight is 344 g/mol. The summed E-state index contributed by atoms with van der Waals surface area (Å²) in [5.41, 5.74) is 6.18. The van der Waals surface area contributed by atoms with Gasteiger partial charge in [-0.3, -0.25) is 0 Å². The highest BCUT2D eigenvalue weighted by atomic mass is 15.2. The number of nitrogens with zero attached hydrogens (tertiary/aromatic N) is 3. The quantitative estimate of drug-likeness (QED) is 0.683. The number of aryl methyl sites for hydroxylation is 2. The van der Waals surface area contributed by atoms with Gasteiger partial charge in [-0.05, 0) is 62.1 Å². The Hall–Kier alpha value is -2.55. The van der Waals surface area contributed by atoms with Gasteiger partial charge in [-0.15, -0.1) is 0 Å². The van der Waals surface area contributed by atoms with Crippen LogP contribution < -0.4 is 9.80 Å². The summed E-state index contributed by atoms with van der Waals surface area (Å²) in [7, 11) is 2.23. The lowest BCUT2D eigenvalue weighted by molar-refractivity contribution is 0.482. The second kappa shape index (κ2) is 6.99. The molecular weight excluding hydrogens is 318 g/mol. The van der Waals surface area contributed by atoms with Gasteiger partial charge >= 0.3 is 0 Å². The first kappa shape index (κ1) is 16.9. The Morgan fingerprint density at radius 1 is 1.00 bits per heavy atom. The molecule has 3 nitrogen and oxygen atoms in total. The van der Waals surface area contributed by atoms with Crippen LogP contribution in [0.15, 0.2) is 48.5 Å². The predicted molar refractivity (Wildman–Crippen MR) is 110 cm³/mol. The third-order valence-corrected chi connectivity index (χ3v) is 5.77. The Labute approximate surface area is 156 Å². The predicted octanol–water partition coefficient (Wildman–Crippen LogP) is 4.76. The summed E-state index contributed by atoms with van der Waals surface area (Å²) in [5.74, 6) is 0. The molecule has 1 radical (unpaired) electrons. The molecule has 1 saturated heterocycles. The number of aromatic nitrogens is 1. The fraction of sp³-hybridized carbons (Fsp3) is 0.348. The van der Waals surface area contributed by atoms with Gasteiger partial charge in [0.2, 0.25) is 0 Å². The van der Waals surface area contributed by atoms with Gasteiger partial charge in [0.1, 0.15) is 6.20 Å². The van der Waals surface area contributed by atoms with E-state index in [0.717, 1.165) is 37.1 Å². The van der Waals surface area contributed by atoms with Crippen LogP contribution >= 0.6 is 0 Å². The van der Waals surface area contributed by atoms with Gasteiger partial charge in [-0.1, -0.05) is 24.3 Å². The standard InChI is InChI=1S/C23H26N3/c1-17-8-9-21(14-18(17)2)25(3)20-10-12-26(13-11-20)22-15-19-6-4-5-7-23(19)24-16-22/h4-9,14-15,20H,10-13H2,1-3H3. The van der Waals surface area contributed by atoms with Crippen molar-refractivity contribution in [2.75, 3.05) is 29.9 Å². The van der Waals surface area contributed by atoms with Crippen LogP contribution in [0.5, 0.6) is 0 Å². The number of hydrogen-bond acceptors (Lipinski definition) is 3. The van der Waals surface area contributed by atoms with Crippen molar-refractivity contribution in [3.8, 4) is 0 Å². The number of pyridine rings is 1. The van der Waals surface area contributed by atoms with Gasteiger partial charge in [0.15, 0.2) is 0 Å². The molecule has 1 aliphatic rings. The number of rotatable bonds is 3. The number of fused-ring (bicyclic) bond motifs is 1. The Bertz CT molecular complexity index is 910. The summed E-state index contributed by atoms with van der Waals surface area (Å²) < 4.78 is 0. The molecule has 0 atom stereocenters. The molecule has 0 spiro atoms. The summed E-state index contributed by atoms with van der Waals surface area (Å²) >= 11 is 0. The van der Waals surface area contributed by atoms with E-state index in [1.54, 1.807) is 0 Å². The lowest BCUT2D eigenvalue weighted by atomic mass is 10.0. The minimum Gasteiger partial charge on any atom is -0.371 e. The minimum atomic E-state index is 0.585. The van der Waals surface area contributed by atoms with E-state index in [0.29, 0.717) is 6.04 Å². The maximum atomic E-state index is 4.50. The normalized spacial score (nSPS) is 15.4. The number of hydrogen-bond donors (Lipinski definition) is 0. The molecule has 2 heterocycles. The van der Waals surface area contributed by atoms with Crippen molar-refractivity contribution < 1.29 is 0 Å². The molecule has 0 aliphatic carbocycles. The van der Waals surface area contributed by atoms with E-state index in [1.165, 1.54) is 22.2 Å². The van der Waals surface area contributed by atoms with Crippen LogP contribution in [0.1, 0.15) is 24.0 Å². The summed E-state index contributed by atoms with van der Waals surface area (Å²) in [6.07, 6.45) is 5.55. The Morgan fingerprint density at radius 2 is 1.77 bits per heavy atom. The third kappa shape index (κ3) is 3.26. The second-order valence-corrected chi connectivity index (χ2v) is 7.41. The maximum absolute atomic E-state index is 4.50. The number of benzene rings is 2. The minimum absolute atomic E-state index is 0.585. The van der Waals surface area contributed by atoms with Gasteiger partial charge in [0, 0.05) is 37.3 Å². The smallest absolute Gasteiger partial charge is 0.115 e. The first-order valence-corrected chi connectivity index (χ1v) is 9.44. The third-order valence-electron chi connectivity index (χ3n) is 5.77. The van der Waals surface area contributed by atoms with Gasteiger partial charge in [0.25, 0.3) is 0 Å². The highest BCUT2D eigenvalue weighted by Gasteiger charge is 2.23. The van der Waals surface area contributed by atoms with Gasteiger partial charge in [-0.2, -0.15) is 0 Å². The van der Waals surface area contributed by atoms with E-state index in [4.69, 9.17) is 0 Å². The molecule has 0 N–H and O–H groups in total. The molecule has 0 amide bonds. The molecule has 1 aromatic heterocycles. The molecule has 133 valence electrons. The monoisotopic (exact) mass is 344 g/mol. The first-order chi connectivity index (χ1) is 12.6. The SMILES string of the molecule is Cc1ccc(N(C)C2CCN(c3[c]nc4ccccc4c3)CC2)cc1C. The van der Waals surface area contributed by atoms with E-state index >= 15 is 0 Å². The van der Waals surface area contributed by atoms with Crippen LogP contribution in [0.2, 0.25) is 0 Å². The van der Waals surface area contributed by atoms with Gasteiger partial charge in [0.05, 0.1) is 11.2 Å². The van der Waals surface area contributed by atoms with Crippen molar-refractivity contribution in [1.29, 1.82) is 0 Å². The zero-order valence-corrected chi connectivity index (χ0v) is 15.9. The summed E-state index contributed by atoms with van der Waals surface area (Å²) in [4.78, 5) is 9.37. The molecule has 0 saturated carbocycles. The molecular formula is C23H26N3. The fourth-order valence-electron chi connectivity index (χ4n) is 3.82. The van der Waals surface area contributed by atoms with Crippen molar-refractivity contribution in [3.05, 3.63) is 65.9 Å². The van der Waals surface area contributed by atoms with Crippen molar-refractivity contribution in [3.63, 3.8) is 0 Å².